The standard InChI is InChI=1S/C22H28FN5O5/c1-4-28(14(2)3)21(29)17-9-15(23)5-6-18(17)33-19-10-25-13-26-20(19)27-7-8-31-16(11-27)12-32-22(24)30/h5-6,9-10,13-14,16H,4,7-8,11-12H2,1-3H3,(H2,24,30)/t16-/m0/s1. The number of hydrogen-bond donors (Lipinski definition) is 1. The Morgan fingerprint density at radius 3 is 2.85 bits per heavy atom. The molecule has 2 N–H and O–H groups in total. The Hall–Kier alpha value is -3.47. The Labute approximate surface area is 191 Å². The molecule has 33 heavy (non-hydrogen) atoms. The number of halogens is 1. The number of nitrogens with two attached hydrogens (primary N) is 1. The summed E-state index contributed by atoms with van der Waals surface area (Å²) < 4.78 is 30.5. The van der Waals surface area contributed by atoms with Gasteiger partial charge in [-0.3, -0.25) is 4.79 Å². The predicted molar refractivity (Wildman–Crippen MR) is 118 cm³/mol. The van der Waals surface area contributed by atoms with Crippen molar-refractivity contribution in [3.63, 3.8) is 0 Å². The van der Waals surface area contributed by atoms with Crippen molar-refractivity contribution in [2.75, 3.05) is 37.7 Å². The summed E-state index contributed by atoms with van der Waals surface area (Å²) in [6.07, 6.45) is 1.57. The van der Waals surface area contributed by atoms with E-state index in [2.05, 4.69) is 9.97 Å². The fraction of sp³-hybridized carbons (Fsp3) is 0.455. The SMILES string of the molecule is CCN(C(=O)c1cc(F)ccc1Oc1cncnc1N1CCO[C@H](COC(N)=O)C1)C(C)C. The first kappa shape index (κ1) is 24.2. The summed E-state index contributed by atoms with van der Waals surface area (Å²) in [7, 11) is 0. The Morgan fingerprint density at radius 1 is 1.36 bits per heavy atom. The van der Waals surface area contributed by atoms with Crippen LogP contribution in [-0.2, 0) is 9.47 Å². The van der Waals surface area contributed by atoms with E-state index in [1.165, 1.54) is 24.7 Å². The minimum atomic E-state index is -0.877. The molecule has 11 heteroatoms. The van der Waals surface area contributed by atoms with E-state index in [4.69, 9.17) is 19.9 Å². The lowest BCUT2D eigenvalue weighted by molar-refractivity contribution is -0.00190. The monoisotopic (exact) mass is 461 g/mol. The van der Waals surface area contributed by atoms with Crippen LogP contribution in [0, 0.1) is 5.82 Å². The zero-order valence-corrected chi connectivity index (χ0v) is 18.9. The van der Waals surface area contributed by atoms with Gasteiger partial charge in [0.25, 0.3) is 5.91 Å². The molecule has 1 aromatic heterocycles. The van der Waals surface area contributed by atoms with E-state index in [1.54, 1.807) is 4.90 Å². The molecule has 1 atom stereocenters. The number of nitrogens with zero attached hydrogens (tertiary/aromatic N) is 4. The molecule has 1 fully saturated rings. The summed E-state index contributed by atoms with van der Waals surface area (Å²) in [5.74, 6) is 0.0768. The maximum atomic E-state index is 14.0. The number of aromatic nitrogens is 2. The molecule has 0 saturated carbocycles. The number of hydrogen-bond acceptors (Lipinski definition) is 8. The molecule has 0 unspecified atom stereocenters. The molecule has 10 nitrogen and oxygen atoms in total. The first-order chi connectivity index (χ1) is 15.8. The second-order valence-electron chi connectivity index (χ2n) is 7.71. The van der Waals surface area contributed by atoms with Crippen molar-refractivity contribution in [3.05, 3.63) is 42.1 Å². The van der Waals surface area contributed by atoms with Crippen molar-refractivity contribution in [1.82, 2.24) is 14.9 Å². The molecule has 1 aromatic carbocycles. The van der Waals surface area contributed by atoms with E-state index in [9.17, 15) is 14.0 Å². The molecule has 2 amide bonds. The predicted octanol–water partition coefficient (Wildman–Crippen LogP) is 2.58. The fourth-order valence-corrected chi connectivity index (χ4v) is 3.58. The lowest BCUT2D eigenvalue weighted by atomic mass is 10.1. The number of carbonyl (C=O) groups excluding carboxylic acids is 2. The molecule has 3 rings (SSSR count). The van der Waals surface area contributed by atoms with E-state index in [-0.39, 0.29) is 29.9 Å². The van der Waals surface area contributed by atoms with Crippen LogP contribution in [0.4, 0.5) is 15.0 Å². The van der Waals surface area contributed by atoms with Crippen LogP contribution >= 0.6 is 0 Å². The van der Waals surface area contributed by atoms with E-state index in [0.29, 0.717) is 37.8 Å². The quantitative estimate of drug-likeness (QED) is 0.637. The van der Waals surface area contributed by atoms with E-state index < -0.39 is 18.0 Å². The van der Waals surface area contributed by atoms with Gasteiger partial charge in [0, 0.05) is 25.7 Å². The molecular formula is C22H28FN5O5. The highest BCUT2D eigenvalue weighted by Crippen LogP contribution is 2.33. The molecular weight excluding hydrogens is 433 g/mol. The summed E-state index contributed by atoms with van der Waals surface area (Å²) in [6.45, 7) is 7.36. The van der Waals surface area contributed by atoms with Crippen molar-refractivity contribution < 1.29 is 28.2 Å². The maximum absolute atomic E-state index is 14.0. The van der Waals surface area contributed by atoms with Crippen LogP contribution in [0.1, 0.15) is 31.1 Å². The molecule has 0 spiro atoms. The number of morpholine rings is 1. The Balaban J connectivity index is 1.87. The molecule has 2 heterocycles. The summed E-state index contributed by atoms with van der Waals surface area (Å²) in [5.41, 5.74) is 5.14. The second kappa shape index (κ2) is 10.9. The molecule has 1 aliphatic rings. The highest BCUT2D eigenvalue weighted by molar-refractivity contribution is 5.97. The molecule has 2 aromatic rings. The number of carbonyl (C=O) groups is 2. The molecule has 178 valence electrons. The minimum Gasteiger partial charge on any atom is -0.451 e. The highest BCUT2D eigenvalue weighted by Gasteiger charge is 2.27. The van der Waals surface area contributed by atoms with Gasteiger partial charge < -0.3 is 29.7 Å². The van der Waals surface area contributed by atoms with Crippen LogP contribution in [0.5, 0.6) is 11.5 Å². The molecule has 0 bridgehead atoms. The lowest BCUT2D eigenvalue weighted by Crippen LogP contribution is -2.45. The van der Waals surface area contributed by atoms with E-state index in [0.717, 1.165) is 6.07 Å². The Morgan fingerprint density at radius 2 is 2.15 bits per heavy atom. The molecule has 0 aliphatic carbocycles. The van der Waals surface area contributed by atoms with Gasteiger partial charge in [-0.2, -0.15) is 0 Å². The normalized spacial score (nSPS) is 15.9. The van der Waals surface area contributed by atoms with Crippen molar-refractivity contribution in [2.24, 2.45) is 5.73 Å². The summed E-state index contributed by atoms with van der Waals surface area (Å²) in [4.78, 5) is 35.9. The average Bonchev–Trinajstić information content (AvgIpc) is 2.79. The first-order valence-electron chi connectivity index (χ1n) is 10.7. The second-order valence-corrected chi connectivity index (χ2v) is 7.71. The van der Waals surface area contributed by atoms with Crippen LogP contribution in [0.2, 0.25) is 0 Å². The van der Waals surface area contributed by atoms with Gasteiger partial charge >= 0.3 is 6.09 Å². The lowest BCUT2D eigenvalue weighted by Gasteiger charge is -2.33. The van der Waals surface area contributed by atoms with Crippen LogP contribution in [0.25, 0.3) is 0 Å². The summed E-state index contributed by atoms with van der Waals surface area (Å²) >= 11 is 0. The largest absolute Gasteiger partial charge is 0.451 e. The molecule has 1 aliphatic heterocycles. The van der Waals surface area contributed by atoms with Crippen molar-refractivity contribution in [3.8, 4) is 11.5 Å². The smallest absolute Gasteiger partial charge is 0.404 e. The van der Waals surface area contributed by atoms with Gasteiger partial charge in [-0.15, -0.1) is 0 Å². The van der Waals surface area contributed by atoms with Gasteiger partial charge in [-0.05, 0) is 39.0 Å². The maximum Gasteiger partial charge on any atom is 0.404 e. The van der Waals surface area contributed by atoms with Crippen molar-refractivity contribution >= 4 is 17.8 Å². The number of anilines is 1. The van der Waals surface area contributed by atoms with E-state index in [1.807, 2.05) is 25.7 Å². The third-order valence-electron chi connectivity index (χ3n) is 5.13. The van der Waals surface area contributed by atoms with Crippen molar-refractivity contribution in [1.29, 1.82) is 0 Å². The van der Waals surface area contributed by atoms with Gasteiger partial charge in [0.05, 0.1) is 18.4 Å². The molecule has 1 saturated heterocycles. The van der Waals surface area contributed by atoms with Gasteiger partial charge in [0.2, 0.25) is 0 Å². The highest BCUT2D eigenvalue weighted by atomic mass is 19.1. The first-order valence-corrected chi connectivity index (χ1v) is 10.7. The van der Waals surface area contributed by atoms with Crippen LogP contribution in [0.15, 0.2) is 30.7 Å². The van der Waals surface area contributed by atoms with Crippen LogP contribution in [0.3, 0.4) is 0 Å². The van der Waals surface area contributed by atoms with Crippen LogP contribution < -0.4 is 15.4 Å². The minimum absolute atomic E-state index is 0.00573. The molecule has 0 radical (unpaired) electrons. The van der Waals surface area contributed by atoms with Gasteiger partial charge in [-0.25, -0.2) is 19.2 Å². The third-order valence-corrected chi connectivity index (χ3v) is 5.13. The number of amides is 2. The van der Waals surface area contributed by atoms with Gasteiger partial charge in [0.15, 0.2) is 11.6 Å². The van der Waals surface area contributed by atoms with Gasteiger partial charge in [-0.1, -0.05) is 0 Å². The Bertz CT molecular complexity index is 989. The third kappa shape index (κ3) is 6.07. The zero-order valence-electron chi connectivity index (χ0n) is 18.9. The van der Waals surface area contributed by atoms with Crippen LogP contribution in [-0.4, -0.2) is 71.9 Å². The topological polar surface area (TPSA) is 120 Å². The number of benzene rings is 1. The summed E-state index contributed by atoms with van der Waals surface area (Å²) in [5, 5.41) is 0. The zero-order chi connectivity index (χ0) is 24.0. The van der Waals surface area contributed by atoms with Gasteiger partial charge in [0.1, 0.15) is 30.6 Å². The number of rotatable bonds is 8. The van der Waals surface area contributed by atoms with E-state index >= 15 is 0 Å². The fourth-order valence-electron chi connectivity index (χ4n) is 3.58. The number of primary amides is 1. The summed E-state index contributed by atoms with van der Waals surface area (Å²) in [6, 6.07) is 3.74. The average molecular weight is 461 g/mol. The number of ether oxygens (including phenoxy) is 3. The Kier molecular flexibility index (Phi) is 7.99. The van der Waals surface area contributed by atoms with Crippen molar-refractivity contribution in [2.45, 2.75) is 32.9 Å².